The number of quaternary nitrogens is 1. The number of aromatic nitrogens is 3. The fraction of sp³-hybridized carbons (Fsp3) is 0.375. The first-order valence-corrected chi connectivity index (χ1v) is 10.4. The Hall–Kier alpha value is -0.990. The van der Waals surface area contributed by atoms with Crippen LogP contribution in [0, 0.1) is 4.77 Å². The van der Waals surface area contributed by atoms with Gasteiger partial charge in [-0.25, -0.2) is 0 Å². The molecule has 0 amide bonds. The summed E-state index contributed by atoms with van der Waals surface area (Å²) in [5, 5.41) is 6.93. The summed E-state index contributed by atoms with van der Waals surface area (Å²) in [5.74, 6) is 1.02. The van der Waals surface area contributed by atoms with E-state index in [4.69, 9.17) is 28.9 Å². The van der Waals surface area contributed by atoms with Gasteiger partial charge in [0.2, 0.25) is 4.77 Å². The molecule has 1 unspecified atom stereocenters. The van der Waals surface area contributed by atoms with Crippen molar-refractivity contribution < 1.29 is 4.90 Å². The number of hydrogen-bond acceptors (Lipinski definition) is 4. The van der Waals surface area contributed by atoms with Gasteiger partial charge in [-0.3, -0.25) is 4.57 Å². The van der Waals surface area contributed by atoms with E-state index in [0.29, 0.717) is 6.04 Å². The number of nitrogens with one attached hydrogen (secondary N) is 1. The molecule has 0 bridgehead atoms. The van der Waals surface area contributed by atoms with Crippen LogP contribution >= 0.6 is 46.5 Å². The Balaban J connectivity index is 1.59. The maximum Gasteiger partial charge on any atom is 0.203 e. The van der Waals surface area contributed by atoms with Crippen LogP contribution in [0.4, 0.5) is 0 Å². The van der Waals surface area contributed by atoms with Crippen LogP contribution in [0.5, 0.6) is 0 Å². The average Bonchev–Trinajstić information content (AvgIpc) is 2.95. The van der Waals surface area contributed by atoms with Crippen LogP contribution in [-0.2, 0) is 13.2 Å². The zero-order valence-corrected chi connectivity index (χ0v) is 16.4. The van der Waals surface area contributed by atoms with E-state index in [2.05, 4.69) is 35.2 Å². The molecule has 1 aliphatic rings. The highest BCUT2D eigenvalue weighted by atomic mass is 35.5. The lowest BCUT2D eigenvalue weighted by Gasteiger charge is -2.12. The SMILES string of the molecule is C[NH+](Cc1ccc(Cl)s1)Cn1nc(-c2cccs2)n(C2CC2)c1=S. The second-order valence-electron chi connectivity index (χ2n) is 6.18. The lowest BCUT2D eigenvalue weighted by atomic mass is 10.4. The first-order chi connectivity index (χ1) is 11.6. The Labute approximate surface area is 158 Å². The van der Waals surface area contributed by atoms with E-state index in [1.54, 1.807) is 22.7 Å². The standard InChI is InChI=1S/C16H17ClN4S3/c1-19(9-12-6-7-14(17)24-12)10-20-16(22)21(11-4-5-11)15(18-20)13-3-2-8-23-13/h2-3,6-8,11H,4-5,9-10H2,1H3/p+1. The van der Waals surface area contributed by atoms with Crippen molar-refractivity contribution in [2.75, 3.05) is 7.05 Å². The van der Waals surface area contributed by atoms with E-state index in [1.807, 2.05) is 10.7 Å². The van der Waals surface area contributed by atoms with Crippen molar-refractivity contribution >= 4 is 46.5 Å². The molecule has 4 nitrogen and oxygen atoms in total. The predicted molar refractivity (Wildman–Crippen MR) is 103 cm³/mol. The molecular formula is C16H18ClN4S3+. The summed E-state index contributed by atoms with van der Waals surface area (Å²) in [5.41, 5.74) is 0. The zero-order chi connectivity index (χ0) is 16.7. The van der Waals surface area contributed by atoms with Gasteiger partial charge in [-0.1, -0.05) is 17.7 Å². The van der Waals surface area contributed by atoms with Gasteiger partial charge >= 0.3 is 0 Å². The highest BCUT2D eigenvalue weighted by molar-refractivity contribution is 7.71. The monoisotopic (exact) mass is 397 g/mol. The molecule has 0 saturated heterocycles. The molecule has 0 radical (unpaired) electrons. The van der Waals surface area contributed by atoms with Crippen LogP contribution in [0.3, 0.4) is 0 Å². The fourth-order valence-electron chi connectivity index (χ4n) is 2.81. The van der Waals surface area contributed by atoms with Gasteiger partial charge in [-0.2, -0.15) is 4.68 Å². The van der Waals surface area contributed by atoms with E-state index in [1.165, 1.54) is 27.5 Å². The van der Waals surface area contributed by atoms with Gasteiger partial charge in [0, 0.05) is 6.04 Å². The minimum Gasteiger partial charge on any atom is -0.314 e. The lowest BCUT2D eigenvalue weighted by molar-refractivity contribution is -0.917. The number of rotatable bonds is 6. The number of thiophene rings is 2. The van der Waals surface area contributed by atoms with Crippen LogP contribution in [0.15, 0.2) is 29.6 Å². The van der Waals surface area contributed by atoms with Crippen molar-refractivity contribution in [2.45, 2.75) is 32.1 Å². The third-order valence-corrected chi connectivity index (χ3v) is 6.55. The molecule has 3 aromatic rings. The third-order valence-electron chi connectivity index (χ3n) is 4.05. The van der Waals surface area contributed by atoms with Gasteiger partial charge in [0.25, 0.3) is 0 Å². The molecular weight excluding hydrogens is 380 g/mol. The van der Waals surface area contributed by atoms with Crippen LogP contribution in [0.2, 0.25) is 4.34 Å². The molecule has 8 heteroatoms. The summed E-state index contributed by atoms with van der Waals surface area (Å²) < 4.78 is 5.90. The Bertz CT molecular complexity index is 889. The van der Waals surface area contributed by atoms with Gasteiger partial charge in [0.15, 0.2) is 12.5 Å². The fourth-order valence-corrected chi connectivity index (χ4v) is 5.06. The predicted octanol–water partition coefficient (Wildman–Crippen LogP) is 3.86. The normalized spacial score (nSPS) is 15.8. The summed E-state index contributed by atoms with van der Waals surface area (Å²) in [6, 6.07) is 8.76. The summed E-state index contributed by atoms with van der Waals surface area (Å²) >= 11 is 15.1. The molecule has 3 aromatic heterocycles. The Kier molecular flexibility index (Phi) is 4.62. The molecule has 1 aliphatic carbocycles. The van der Waals surface area contributed by atoms with E-state index in [-0.39, 0.29) is 0 Å². The molecule has 24 heavy (non-hydrogen) atoms. The molecule has 126 valence electrons. The summed E-state index contributed by atoms with van der Waals surface area (Å²) in [7, 11) is 2.16. The Morgan fingerprint density at radius 2 is 2.21 bits per heavy atom. The van der Waals surface area contributed by atoms with Crippen molar-refractivity contribution in [3.63, 3.8) is 0 Å². The maximum atomic E-state index is 6.03. The van der Waals surface area contributed by atoms with E-state index < -0.39 is 0 Å². The van der Waals surface area contributed by atoms with Crippen LogP contribution in [-0.4, -0.2) is 21.4 Å². The minimum atomic E-state index is 0.528. The van der Waals surface area contributed by atoms with Crippen LogP contribution < -0.4 is 4.90 Å². The van der Waals surface area contributed by atoms with Gasteiger partial charge in [0.1, 0.15) is 6.54 Å². The number of hydrogen-bond donors (Lipinski definition) is 1. The maximum absolute atomic E-state index is 6.03. The molecule has 3 heterocycles. The molecule has 4 rings (SSSR count). The van der Waals surface area contributed by atoms with Crippen LogP contribution in [0.1, 0.15) is 23.8 Å². The third kappa shape index (κ3) is 3.36. The molecule has 1 N–H and O–H groups in total. The lowest BCUT2D eigenvalue weighted by Crippen LogP contribution is -3.06. The topological polar surface area (TPSA) is 27.2 Å². The summed E-state index contributed by atoms with van der Waals surface area (Å²) in [6.45, 7) is 1.68. The molecule has 0 aliphatic heterocycles. The highest BCUT2D eigenvalue weighted by Crippen LogP contribution is 2.39. The molecule has 1 atom stereocenters. The van der Waals surface area contributed by atoms with Crippen molar-refractivity contribution in [3.05, 3.63) is 43.6 Å². The second kappa shape index (κ2) is 6.72. The largest absolute Gasteiger partial charge is 0.314 e. The van der Waals surface area contributed by atoms with Crippen molar-refractivity contribution in [1.82, 2.24) is 14.3 Å². The molecule has 1 saturated carbocycles. The van der Waals surface area contributed by atoms with Gasteiger partial charge in [-0.05, 0) is 48.6 Å². The van der Waals surface area contributed by atoms with E-state index in [0.717, 1.165) is 28.1 Å². The first-order valence-electron chi connectivity index (χ1n) is 7.90. The van der Waals surface area contributed by atoms with Crippen molar-refractivity contribution in [1.29, 1.82) is 0 Å². The van der Waals surface area contributed by atoms with E-state index >= 15 is 0 Å². The first kappa shape index (κ1) is 16.5. The van der Waals surface area contributed by atoms with Gasteiger partial charge in [0.05, 0.1) is 21.1 Å². The Morgan fingerprint density at radius 1 is 1.38 bits per heavy atom. The molecule has 1 fully saturated rings. The molecule has 0 spiro atoms. The molecule has 0 aromatic carbocycles. The number of halogens is 1. The van der Waals surface area contributed by atoms with Crippen LogP contribution in [0.25, 0.3) is 10.7 Å². The van der Waals surface area contributed by atoms with Crippen molar-refractivity contribution in [3.8, 4) is 10.7 Å². The van der Waals surface area contributed by atoms with Gasteiger partial charge in [-0.15, -0.1) is 27.8 Å². The van der Waals surface area contributed by atoms with Gasteiger partial charge < -0.3 is 4.90 Å². The summed E-state index contributed by atoms with van der Waals surface area (Å²) in [6.07, 6.45) is 2.41. The van der Waals surface area contributed by atoms with Crippen molar-refractivity contribution in [2.24, 2.45) is 0 Å². The smallest absolute Gasteiger partial charge is 0.203 e. The number of nitrogens with zero attached hydrogens (tertiary/aromatic N) is 3. The average molecular weight is 398 g/mol. The quantitative estimate of drug-likeness (QED) is 0.639. The highest BCUT2D eigenvalue weighted by Gasteiger charge is 2.29. The minimum absolute atomic E-state index is 0.528. The van der Waals surface area contributed by atoms with E-state index in [9.17, 15) is 0 Å². The second-order valence-corrected chi connectivity index (χ2v) is 9.29. The summed E-state index contributed by atoms with van der Waals surface area (Å²) in [4.78, 5) is 3.81. The Morgan fingerprint density at radius 3 is 2.83 bits per heavy atom. The zero-order valence-electron chi connectivity index (χ0n) is 13.2.